The summed E-state index contributed by atoms with van der Waals surface area (Å²) in [6, 6.07) is 21.4. The Labute approximate surface area is 200 Å². The average molecular weight is 472 g/mol. The zero-order valence-corrected chi connectivity index (χ0v) is 21.6. The van der Waals surface area contributed by atoms with Gasteiger partial charge in [0.25, 0.3) is 8.32 Å². The van der Waals surface area contributed by atoms with Gasteiger partial charge in [-0.25, -0.2) is 0 Å². The predicted molar refractivity (Wildman–Crippen MR) is 137 cm³/mol. The quantitative estimate of drug-likeness (QED) is 0.359. The fraction of sp³-hybridized carbons (Fsp3) is 0.556. The van der Waals surface area contributed by atoms with Crippen molar-refractivity contribution in [3.05, 3.63) is 60.7 Å². The van der Waals surface area contributed by atoms with Crippen LogP contribution in [0.15, 0.2) is 60.7 Å². The highest BCUT2D eigenvalue weighted by molar-refractivity contribution is 6.99. The number of hydrogen-bond donors (Lipinski definition) is 1. The molecule has 0 aromatic heterocycles. The number of rotatable bonds is 13. The van der Waals surface area contributed by atoms with E-state index in [-0.39, 0.29) is 5.04 Å². The van der Waals surface area contributed by atoms with E-state index in [1.165, 1.54) is 10.4 Å². The van der Waals surface area contributed by atoms with Crippen LogP contribution in [0, 0.1) is 0 Å². The SMILES string of the molecule is CC(C)(C)[Si](OCCOCCOCCOC1CCNCC1)(c1ccccc1)c1ccccc1. The van der Waals surface area contributed by atoms with Gasteiger partial charge in [-0.15, -0.1) is 0 Å². The Morgan fingerprint density at radius 1 is 0.727 bits per heavy atom. The fourth-order valence-electron chi connectivity index (χ4n) is 4.57. The number of benzene rings is 2. The molecule has 1 aliphatic heterocycles. The van der Waals surface area contributed by atoms with E-state index >= 15 is 0 Å². The van der Waals surface area contributed by atoms with E-state index in [0.717, 1.165) is 25.9 Å². The zero-order valence-electron chi connectivity index (χ0n) is 20.6. The summed E-state index contributed by atoms with van der Waals surface area (Å²) in [5.41, 5.74) is 0. The molecular weight excluding hydrogens is 430 g/mol. The molecule has 0 unspecified atom stereocenters. The van der Waals surface area contributed by atoms with Crippen molar-refractivity contribution in [3.8, 4) is 0 Å². The number of ether oxygens (including phenoxy) is 3. The zero-order chi connectivity index (χ0) is 23.4. The van der Waals surface area contributed by atoms with Crippen LogP contribution < -0.4 is 15.7 Å². The topological polar surface area (TPSA) is 49.0 Å². The third-order valence-corrected chi connectivity index (χ3v) is 11.2. The van der Waals surface area contributed by atoms with Crippen molar-refractivity contribution in [2.24, 2.45) is 0 Å². The fourth-order valence-corrected chi connectivity index (χ4v) is 9.12. The van der Waals surface area contributed by atoms with Crippen LogP contribution in [-0.4, -0.2) is 67.2 Å². The lowest BCUT2D eigenvalue weighted by Crippen LogP contribution is -2.66. The lowest BCUT2D eigenvalue weighted by molar-refractivity contribution is -0.0216. The van der Waals surface area contributed by atoms with Gasteiger partial charge in [0.05, 0.1) is 45.7 Å². The Morgan fingerprint density at radius 3 is 1.73 bits per heavy atom. The van der Waals surface area contributed by atoms with Crippen LogP contribution in [0.5, 0.6) is 0 Å². The standard InChI is InChI=1S/C27H41NO4Si/c1-27(2,3)33(25-10-6-4-7-11-25,26-12-8-5-9-13-26)32-23-21-30-19-18-29-20-22-31-24-14-16-28-17-15-24/h4-13,24,28H,14-23H2,1-3H3. The Hall–Kier alpha value is -1.54. The summed E-state index contributed by atoms with van der Waals surface area (Å²) < 4.78 is 24.2. The largest absolute Gasteiger partial charge is 0.405 e. The highest BCUT2D eigenvalue weighted by Gasteiger charge is 2.49. The van der Waals surface area contributed by atoms with Crippen molar-refractivity contribution in [2.75, 3.05) is 52.7 Å². The molecule has 0 saturated carbocycles. The first-order valence-electron chi connectivity index (χ1n) is 12.3. The summed E-state index contributed by atoms with van der Waals surface area (Å²) in [6.07, 6.45) is 2.56. The number of piperidine rings is 1. The third kappa shape index (κ3) is 7.47. The number of hydrogen-bond acceptors (Lipinski definition) is 5. The van der Waals surface area contributed by atoms with Gasteiger partial charge in [-0.2, -0.15) is 0 Å². The van der Waals surface area contributed by atoms with Crippen LogP contribution >= 0.6 is 0 Å². The normalized spacial score (nSPS) is 15.6. The Kier molecular flexibility index (Phi) is 10.6. The maximum Gasteiger partial charge on any atom is 0.261 e. The average Bonchev–Trinajstić information content (AvgIpc) is 2.84. The molecular formula is C27H41NO4Si. The Balaban J connectivity index is 1.44. The van der Waals surface area contributed by atoms with Crippen LogP contribution in [0.25, 0.3) is 0 Å². The van der Waals surface area contributed by atoms with Gasteiger partial charge in [0.1, 0.15) is 0 Å². The maximum atomic E-state index is 6.83. The summed E-state index contributed by atoms with van der Waals surface area (Å²) in [4.78, 5) is 0. The van der Waals surface area contributed by atoms with Crippen LogP contribution in [0.2, 0.25) is 5.04 Å². The minimum Gasteiger partial charge on any atom is -0.405 e. The second-order valence-corrected chi connectivity index (χ2v) is 13.9. The molecule has 0 radical (unpaired) electrons. The van der Waals surface area contributed by atoms with Gasteiger partial charge in [-0.1, -0.05) is 81.4 Å². The molecule has 1 saturated heterocycles. The molecule has 6 heteroatoms. The van der Waals surface area contributed by atoms with E-state index < -0.39 is 8.32 Å². The highest BCUT2D eigenvalue weighted by atomic mass is 28.4. The van der Waals surface area contributed by atoms with Gasteiger partial charge in [0.2, 0.25) is 0 Å². The van der Waals surface area contributed by atoms with E-state index in [9.17, 15) is 0 Å². The molecule has 1 aliphatic rings. The molecule has 2 aromatic carbocycles. The summed E-state index contributed by atoms with van der Waals surface area (Å²) in [5.74, 6) is 0. The Bertz CT molecular complexity index is 736. The van der Waals surface area contributed by atoms with Crippen LogP contribution in [0.4, 0.5) is 0 Å². The van der Waals surface area contributed by atoms with E-state index in [0.29, 0.717) is 45.7 Å². The van der Waals surface area contributed by atoms with Crippen molar-refractivity contribution in [1.29, 1.82) is 0 Å². The molecule has 1 N–H and O–H groups in total. The molecule has 0 bridgehead atoms. The van der Waals surface area contributed by atoms with E-state index in [2.05, 4.69) is 86.8 Å². The van der Waals surface area contributed by atoms with Gasteiger partial charge >= 0.3 is 0 Å². The van der Waals surface area contributed by atoms with E-state index in [1.54, 1.807) is 0 Å². The molecule has 5 nitrogen and oxygen atoms in total. The van der Waals surface area contributed by atoms with Crippen LogP contribution in [0.1, 0.15) is 33.6 Å². The molecule has 182 valence electrons. The molecule has 2 aromatic rings. The predicted octanol–water partition coefficient (Wildman–Crippen LogP) is 3.36. The van der Waals surface area contributed by atoms with Crippen molar-refractivity contribution >= 4 is 18.7 Å². The highest BCUT2D eigenvalue weighted by Crippen LogP contribution is 2.36. The van der Waals surface area contributed by atoms with Gasteiger partial charge in [-0.3, -0.25) is 0 Å². The van der Waals surface area contributed by atoms with E-state index in [1.807, 2.05) is 0 Å². The molecule has 0 atom stereocenters. The second-order valence-electron chi connectivity index (χ2n) is 9.56. The van der Waals surface area contributed by atoms with Crippen LogP contribution in [0.3, 0.4) is 0 Å². The summed E-state index contributed by atoms with van der Waals surface area (Å²) in [5, 5.41) is 5.91. The van der Waals surface area contributed by atoms with Gasteiger partial charge in [0.15, 0.2) is 0 Å². The molecule has 0 spiro atoms. The summed E-state index contributed by atoms with van der Waals surface area (Å²) >= 11 is 0. The summed E-state index contributed by atoms with van der Waals surface area (Å²) in [6.45, 7) is 12.5. The molecule has 1 heterocycles. The van der Waals surface area contributed by atoms with Crippen molar-refractivity contribution in [2.45, 2.75) is 44.8 Å². The van der Waals surface area contributed by atoms with Gasteiger partial charge in [0, 0.05) is 0 Å². The monoisotopic (exact) mass is 471 g/mol. The lowest BCUT2D eigenvalue weighted by atomic mass is 10.1. The van der Waals surface area contributed by atoms with Crippen molar-refractivity contribution < 1.29 is 18.6 Å². The van der Waals surface area contributed by atoms with Gasteiger partial charge < -0.3 is 24.0 Å². The molecule has 33 heavy (non-hydrogen) atoms. The third-order valence-electron chi connectivity index (χ3n) is 6.20. The smallest absolute Gasteiger partial charge is 0.261 e. The van der Waals surface area contributed by atoms with E-state index in [4.69, 9.17) is 18.6 Å². The first kappa shape index (κ1) is 26.1. The summed E-state index contributed by atoms with van der Waals surface area (Å²) in [7, 11) is -2.48. The van der Waals surface area contributed by atoms with Crippen molar-refractivity contribution in [3.63, 3.8) is 0 Å². The maximum absolute atomic E-state index is 6.83. The molecule has 1 fully saturated rings. The first-order chi connectivity index (χ1) is 16.0. The van der Waals surface area contributed by atoms with Crippen LogP contribution in [-0.2, 0) is 18.6 Å². The minimum atomic E-state index is -2.48. The number of nitrogens with one attached hydrogen (secondary N) is 1. The minimum absolute atomic E-state index is 0.0206. The lowest BCUT2D eigenvalue weighted by Gasteiger charge is -2.43. The van der Waals surface area contributed by atoms with Gasteiger partial charge in [-0.05, 0) is 41.3 Å². The molecule has 3 rings (SSSR count). The second kappa shape index (κ2) is 13.4. The molecule has 0 aliphatic carbocycles. The Morgan fingerprint density at radius 2 is 1.21 bits per heavy atom. The molecule has 0 amide bonds. The van der Waals surface area contributed by atoms with Crippen molar-refractivity contribution in [1.82, 2.24) is 5.32 Å². The first-order valence-corrected chi connectivity index (χ1v) is 14.2.